The van der Waals surface area contributed by atoms with Gasteiger partial charge in [-0.2, -0.15) is 5.26 Å². The molecule has 1 aromatic heterocycles. The highest BCUT2D eigenvalue weighted by atomic mass is 19.3. The summed E-state index contributed by atoms with van der Waals surface area (Å²) in [6.45, 7) is 0.933. The highest BCUT2D eigenvalue weighted by Gasteiger charge is 2.47. The van der Waals surface area contributed by atoms with E-state index in [1.54, 1.807) is 0 Å². The SMILES string of the molecule is C[C@@H]1OC[C@](c2cc(NC(=O)Oc3ncccc3C#N)ccc2F)(C(F)F)N=C1N. The Hall–Kier alpha value is -3.65. The number of nitriles is 1. The number of carbonyl (C=O) groups is 1. The minimum atomic E-state index is -3.13. The predicted molar refractivity (Wildman–Crippen MR) is 99.7 cm³/mol. The van der Waals surface area contributed by atoms with E-state index < -0.39 is 42.1 Å². The van der Waals surface area contributed by atoms with Crippen molar-refractivity contribution in [3.63, 3.8) is 0 Å². The molecule has 0 fully saturated rings. The second kappa shape index (κ2) is 8.38. The van der Waals surface area contributed by atoms with Crippen molar-refractivity contribution >= 4 is 17.6 Å². The first-order valence-electron chi connectivity index (χ1n) is 8.66. The van der Waals surface area contributed by atoms with E-state index in [4.69, 9.17) is 20.5 Å². The Bertz CT molecular complexity index is 1040. The number of aromatic nitrogens is 1. The van der Waals surface area contributed by atoms with Crippen LogP contribution in [0.15, 0.2) is 41.5 Å². The first-order chi connectivity index (χ1) is 14.3. The Balaban J connectivity index is 1.90. The maximum atomic E-state index is 14.5. The maximum Gasteiger partial charge on any atom is 0.418 e. The minimum Gasteiger partial charge on any atom is -0.390 e. The van der Waals surface area contributed by atoms with E-state index in [0.717, 1.165) is 18.2 Å². The molecule has 2 atom stereocenters. The Morgan fingerprint density at radius 2 is 2.23 bits per heavy atom. The average molecular weight is 419 g/mol. The molecule has 11 heteroatoms. The molecule has 2 heterocycles. The second-order valence-electron chi connectivity index (χ2n) is 6.39. The number of amidine groups is 1. The summed E-state index contributed by atoms with van der Waals surface area (Å²) in [6.07, 6.45) is -3.56. The standard InChI is InChI=1S/C19H16F3N5O3/c1-10-15(24)27-19(9-29-10,17(21)22)13-7-12(4-5-14(13)20)26-18(28)30-16-11(8-23)3-2-6-25-16/h2-7,10,17H,9H2,1H3,(H2,24,27)(H,26,28)/t10-,19-/m0/s1. The van der Waals surface area contributed by atoms with Gasteiger partial charge in [-0.15, -0.1) is 0 Å². The van der Waals surface area contributed by atoms with Crippen LogP contribution in [0.3, 0.4) is 0 Å². The van der Waals surface area contributed by atoms with Gasteiger partial charge in [-0.1, -0.05) is 0 Å². The van der Waals surface area contributed by atoms with E-state index in [0.29, 0.717) is 0 Å². The number of anilines is 1. The third-order valence-electron chi connectivity index (χ3n) is 4.42. The molecule has 1 aliphatic rings. The fourth-order valence-corrected chi connectivity index (χ4v) is 2.78. The molecular weight excluding hydrogens is 403 g/mol. The van der Waals surface area contributed by atoms with Crippen molar-refractivity contribution in [3.05, 3.63) is 53.5 Å². The van der Waals surface area contributed by atoms with E-state index in [1.165, 1.54) is 25.3 Å². The van der Waals surface area contributed by atoms with Crippen molar-refractivity contribution in [2.75, 3.05) is 11.9 Å². The van der Waals surface area contributed by atoms with Crippen molar-refractivity contribution < 1.29 is 27.4 Å². The Morgan fingerprint density at radius 3 is 2.90 bits per heavy atom. The molecule has 30 heavy (non-hydrogen) atoms. The van der Waals surface area contributed by atoms with Crippen LogP contribution in [0.4, 0.5) is 23.7 Å². The monoisotopic (exact) mass is 419 g/mol. The maximum absolute atomic E-state index is 14.5. The number of amides is 1. The van der Waals surface area contributed by atoms with Gasteiger partial charge in [0.25, 0.3) is 6.43 Å². The number of carbonyl (C=O) groups excluding carboxylic acids is 1. The van der Waals surface area contributed by atoms with Gasteiger partial charge >= 0.3 is 6.09 Å². The van der Waals surface area contributed by atoms with Crippen LogP contribution in [-0.2, 0) is 10.3 Å². The summed E-state index contributed by atoms with van der Waals surface area (Å²) in [4.78, 5) is 19.7. The number of halogens is 3. The van der Waals surface area contributed by atoms with Crippen LogP contribution in [0.2, 0.25) is 0 Å². The number of ether oxygens (including phenoxy) is 2. The van der Waals surface area contributed by atoms with Crippen LogP contribution in [-0.4, -0.2) is 36.0 Å². The lowest BCUT2D eigenvalue weighted by atomic mass is 9.89. The van der Waals surface area contributed by atoms with Gasteiger partial charge < -0.3 is 15.2 Å². The summed E-state index contributed by atoms with van der Waals surface area (Å²) in [5, 5.41) is 11.3. The van der Waals surface area contributed by atoms with E-state index >= 15 is 0 Å². The van der Waals surface area contributed by atoms with Gasteiger partial charge in [-0.3, -0.25) is 10.3 Å². The summed E-state index contributed by atoms with van der Waals surface area (Å²) in [5.41, 5.74) is 2.77. The lowest BCUT2D eigenvalue weighted by molar-refractivity contribution is -0.0340. The number of alkyl halides is 2. The van der Waals surface area contributed by atoms with Crippen LogP contribution in [0.5, 0.6) is 5.88 Å². The quantitative estimate of drug-likeness (QED) is 0.786. The number of benzene rings is 1. The lowest BCUT2D eigenvalue weighted by Gasteiger charge is -2.35. The predicted octanol–water partition coefficient (Wildman–Crippen LogP) is 2.94. The zero-order chi connectivity index (χ0) is 21.9. The zero-order valence-electron chi connectivity index (χ0n) is 15.6. The summed E-state index contributed by atoms with van der Waals surface area (Å²) >= 11 is 0. The van der Waals surface area contributed by atoms with Gasteiger partial charge in [-0.25, -0.2) is 22.9 Å². The third kappa shape index (κ3) is 4.04. The number of nitrogens with two attached hydrogens (primary N) is 1. The minimum absolute atomic E-state index is 0.0161. The second-order valence-corrected chi connectivity index (χ2v) is 6.39. The largest absolute Gasteiger partial charge is 0.418 e. The molecule has 0 bridgehead atoms. The number of aliphatic imine (C=N–C) groups is 1. The molecule has 0 aliphatic carbocycles. The van der Waals surface area contributed by atoms with Crippen molar-refractivity contribution in [1.82, 2.24) is 4.98 Å². The first-order valence-corrected chi connectivity index (χ1v) is 8.66. The zero-order valence-corrected chi connectivity index (χ0v) is 15.6. The third-order valence-corrected chi connectivity index (χ3v) is 4.42. The fourth-order valence-electron chi connectivity index (χ4n) is 2.78. The molecule has 156 valence electrons. The number of rotatable bonds is 4. The van der Waals surface area contributed by atoms with Gasteiger partial charge in [0.1, 0.15) is 29.4 Å². The van der Waals surface area contributed by atoms with Crippen LogP contribution in [0.1, 0.15) is 18.1 Å². The number of hydrogen-bond acceptors (Lipinski definition) is 7. The molecule has 1 aromatic carbocycles. The number of nitrogens with one attached hydrogen (secondary N) is 1. The van der Waals surface area contributed by atoms with Gasteiger partial charge in [0.2, 0.25) is 5.88 Å². The Kier molecular flexibility index (Phi) is 5.89. The summed E-state index contributed by atoms with van der Waals surface area (Å²) in [5.74, 6) is -1.41. The number of hydrogen-bond donors (Lipinski definition) is 2. The van der Waals surface area contributed by atoms with Gasteiger partial charge in [0.15, 0.2) is 5.54 Å². The van der Waals surface area contributed by atoms with E-state index in [1.807, 2.05) is 6.07 Å². The van der Waals surface area contributed by atoms with Crippen molar-refractivity contribution in [2.45, 2.75) is 25.0 Å². The summed E-state index contributed by atoms with van der Waals surface area (Å²) < 4.78 is 52.6. The van der Waals surface area contributed by atoms with Gasteiger partial charge in [-0.05, 0) is 37.3 Å². The van der Waals surface area contributed by atoms with Crippen molar-refractivity contribution in [2.24, 2.45) is 10.7 Å². The lowest BCUT2D eigenvalue weighted by Crippen LogP contribution is -2.48. The average Bonchev–Trinajstić information content (AvgIpc) is 2.72. The Labute approximate surface area is 169 Å². The molecule has 0 spiro atoms. The van der Waals surface area contributed by atoms with Crippen molar-refractivity contribution in [3.8, 4) is 11.9 Å². The Morgan fingerprint density at radius 1 is 1.47 bits per heavy atom. The topological polar surface area (TPSA) is 123 Å². The number of pyridine rings is 1. The van der Waals surface area contributed by atoms with Crippen LogP contribution >= 0.6 is 0 Å². The van der Waals surface area contributed by atoms with Crippen LogP contribution < -0.4 is 15.8 Å². The molecule has 1 amide bonds. The molecule has 3 N–H and O–H groups in total. The highest BCUT2D eigenvalue weighted by Crippen LogP contribution is 2.38. The molecule has 1 aliphatic heterocycles. The molecule has 0 saturated carbocycles. The summed E-state index contributed by atoms with van der Waals surface area (Å²) in [7, 11) is 0. The number of nitrogens with zero attached hydrogens (tertiary/aromatic N) is 3. The molecule has 0 unspecified atom stereocenters. The van der Waals surface area contributed by atoms with Gasteiger partial charge in [0.05, 0.1) is 6.61 Å². The fraction of sp³-hybridized carbons (Fsp3) is 0.263. The molecule has 3 rings (SSSR count). The molecule has 8 nitrogen and oxygen atoms in total. The first kappa shape index (κ1) is 21.1. The molecule has 2 aromatic rings. The normalized spacial score (nSPS) is 20.9. The van der Waals surface area contributed by atoms with E-state index in [-0.39, 0.29) is 23.0 Å². The molecular formula is C19H16F3N5O3. The van der Waals surface area contributed by atoms with E-state index in [2.05, 4.69) is 15.3 Å². The van der Waals surface area contributed by atoms with E-state index in [9.17, 15) is 18.0 Å². The smallest absolute Gasteiger partial charge is 0.390 e. The van der Waals surface area contributed by atoms with Crippen LogP contribution in [0, 0.1) is 17.1 Å². The molecule has 0 saturated heterocycles. The highest BCUT2D eigenvalue weighted by molar-refractivity contribution is 5.87. The van der Waals surface area contributed by atoms with Crippen molar-refractivity contribution in [1.29, 1.82) is 5.26 Å². The van der Waals surface area contributed by atoms with Crippen LogP contribution in [0.25, 0.3) is 0 Å². The van der Waals surface area contributed by atoms with Gasteiger partial charge in [0, 0.05) is 17.4 Å². The summed E-state index contributed by atoms with van der Waals surface area (Å²) in [6, 6.07) is 7.75. The molecule has 0 radical (unpaired) electrons.